The van der Waals surface area contributed by atoms with Gasteiger partial charge in [0, 0.05) is 30.9 Å². The van der Waals surface area contributed by atoms with Crippen LogP contribution >= 0.6 is 0 Å². The van der Waals surface area contributed by atoms with Gasteiger partial charge in [0.1, 0.15) is 11.9 Å². The van der Waals surface area contributed by atoms with Crippen LogP contribution in [-0.4, -0.2) is 53.8 Å². The van der Waals surface area contributed by atoms with Crippen molar-refractivity contribution >= 4 is 15.9 Å². The molecule has 2 heterocycles. The van der Waals surface area contributed by atoms with Crippen molar-refractivity contribution in [1.29, 1.82) is 0 Å². The number of halogens is 1. The van der Waals surface area contributed by atoms with Crippen LogP contribution in [0.5, 0.6) is 5.88 Å². The summed E-state index contributed by atoms with van der Waals surface area (Å²) >= 11 is 0. The van der Waals surface area contributed by atoms with Crippen LogP contribution in [0.3, 0.4) is 0 Å². The van der Waals surface area contributed by atoms with Gasteiger partial charge in [0.25, 0.3) is 0 Å². The molecule has 1 atom stereocenters. The van der Waals surface area contributed by atoms with Gasteiger partial charge in [0.05, 0.1) is 11.7 Å². The fourth-order valence-corrected chi connectivity index (χ4v) is 5.62. The first kappa shape index (κ1) is 24.1. The number of nitrogens with one attached hydrogen (secondary N) is 1. The number of hydroxylamine groups is 1. The van der Waals surface area contributed by atoms with Gasteiger partial charge in [-0.15, -0.1) is 0 Å². The van der Waals surface area contributed by atoms with Gasteiger partial charge in [-0.1, -0.05) is 26.0 Å². The highest BCUT2D eigenvalue weighted by atomic mass is 32.2. The maximum absolute atomic E-state index is 13.1. The van der Waals surface area contributed by atoms with E-state index in [0.717, 1.165) is 11.1 Å². The van der Waals surface area contributed by atoms with Crippen molar-refractivity contribution in [2.45, 2.75) is 32.8 Å². The lowest BCUT2D eigenvalue weighted by Crippen LogP contribution is -2.46. The molecule has 0 radical (unpaired) electrons. The van der Waals surface area contributed by atoms with E-state index in [9.17, 15) is 17.6 Å². The number of rotatable bonds is 8. The topological polar surface area (TPSA) is 109 Å². The number of amides is 1. The van der Waals surface area contributed by atoms with E-state index in [-0.39, 0.29) is 36.7 Å². The van der Waals surface area contributed by atoms with Gasteiger partial charge in [-0.05, 0) is 42.5 Å². The van der Waals surface area contributed by atoms with Gasteiger partial charge in [-0.3, -0.25) is 10.0 Å². The number of piperidine rings is 1. The van der Waals surface area contributed by atoms with Gasteiger partial charge in [-0.2, -0.15) is 0 Å². The predicted molar refractivity (Wildman–Crippen MR) is 117 cm³/mol. The SMILES string of the molecule is CC(C)[C@@H](CS(=O)(=O)N1CCC(Oc2ccc(-c3ccc(F)cc3)cn2)CC1)C(=O)NO. The third-order valence-corrected chi connectivity index (χ3v) is 7.57. The fraction of sp³-hybridized carbons (Fsp3) is 0.455. The minimum absolute atomic E-state index is 0.174. The average Bonchev–Trinajstić information content (AvgIpc) is 2.78. The molecule has 1 aromatic heterocycles. The summed E-state index contributed by atoms with van der Waals surface area (Å²) in [6, 6.07) is 9.71. The third kappa shape index (κ3) is 6.02. The second kappa shape index (κ2) is 10.4. The van der Waals surface area contributed by atoms with E-state index in [1.165, 1.54) is 16.4 Å². The minimum Gasteiger partial charge on any atom is -0.474 e. The minimum atomic E-state index is -3.65. The number of hydrogen-bond acceptors (Lipinski definition) is 6. The summed E-state index contributed by atoms with van der Waals surface area (Å²) in [5.74, 6) is -1.97. The maximum atomic E-state index is 13.1. The van der Waals surface area contributed by atoms with Gasteiger partial charge >= 0.3 is 0 Å². The molecule has 1 aliphatic rings. The zero-order valence-electron chi connectivity index (χ0n) is 18.1. The molecular weight excluding hydrogens is 437 g/mol. The lowest BCUT2D eigenvalue weighted by atomic mass is 9.97. The third-order valence-electron chi connectivity index (χ3n) is 5.64. The summed E-state index contributed by atoms with van der Waals surface area (Å²) in [5, 5.41) is 8.88. The molecule has 1 aromatic carbocycles. The Morgan fingerprint density at radius 3 is 2.34 bits per heavy atom. The summed E-state index contributed by atoms with van der Waals surface area (Å²) in [7, 11) is -3.65. The van der Waals surface area contributed by atoms with Crippen molar-refractivity contribution in [3.63, 3.8) is 0 Å². The smallest absolute Gasteiger partial charge is 0.247 e. The first-order valence-electron chi connectivity index (χ1n) is 10.5. The van der Waals surface area contributed by atoms with Crippen LogP contribution in [0.1, 0.15) is 26.7 Å². The van der Waals surface area contributed by atoms with Crippen LogP contribution in [-0.2, 0) is 14.8 Å². The number of ether oxygens (including phenoxy) is 1. The van der Waals surface area contributed by atoms with E-state index >= 15 is 0 Å². The first-order valence-corrected chi connectivity index (χ1v) is 12.1. The van der Waals surface area contributed by atoms with E-state index in [1.807, 2.05) is 6.07 Å². The highest BCUT2D eigenvalue weighted by molar-refractivity contribution is 7.89. The molecule has 1 aliphatic heterocycles. The molecule has 1 saturated heterocycles. The molecule has 1 fully saturated rings. The van der Waals surface area contributed by atoms with Crippen LogP contribution in [0.2, 0.25) is 0 Å². The van der Waals surface area contributed by atoms with Crippen molar-refractivity contribution in [3.05, 3.63) is 48.4 Å². The summed E-state index contributed by atoms with van der Waals surface area (Å²) in [6.07, 6.45) is 2.48. The van der Waals surface area contributed by atoms with Crippen molar-refractivity contribution < 1.29 is 27.5 Å². The number of carbonyl (C=O) groups is 1. The van der Waals surface area contributed by atoms with E-state index in [1.54, 1.807) is 43.7 Å². The molecule has 10 heteroatoms. The average molecular weight is 466 g/mol. The van der Waals surface area contributed by atoms with Gasteiger partial charge in [0.15, 0.2) is 0 Å². The molecule has 8 nitrogen and oxygen atoms in total. The van der Waals surface area contributed by atoms with Crippen molar-refractivity contribution in [1.82, 2.24) is 14.8 Å². The molecule has 2 N–H and O–H groups in total. The number of hydrogen-bond donors (Lipinski definition) is 2. The second-order valence-electron chi connectivity index (χ2n) is 8.21. The molecule has 2 aromatic rings. The number of pyridine rings is 1. The molecule has 174 valence electrons. The Balaban J connectivity index is 1.55. The maximum Gasteiger partial charge on any atom is 0.247 e. The zero-order valence-corrected chi connectivity index (χ0v) is 18.9. The van der Waals surface area contributed by atoms with E-state index < -0.39 is 21.8 Å². The molecule has 32 heavy (non-hydrogen) atoms. The highest BCUT2D eigenvalue weighted by Gasteiger charge is 2.34. The van der Waals surface area contributed by atoms with Gasteiger partial charge in [-0.25, -0.2) is 27.6 Å². The number of benzene rings is 1. The van der Waals surface area contributed by atoms with Crippen LogP contribution in [0, 0.1) is 17.7 Å². The molecular formula is C22H28FN3O5S. The Kier molecular flexibility index (Phi) is 7.81. The van der Waals surface area contributed by atoms with E-state index in [0.29, 0.717) is 18.7 Å². The Hall–Kier alpha value is -2.56. The number of carbonyl (C=O) groups excluding carboxylic acids is 1. The lowest BCUT2D eigenvalue weighted by Gasteiger charge is -2.32. The monoisotopic (exact) mass is 465 g/mol. The Morgan fingerprint density at radius 2 is 1.81 bits per heavy atom. The van der Waals surface area contributed by atoms with Crippen molar-refractivity contribution in [2.75, 3.05) is 18.8 Å². The Labute approximate surface area is 187 Å². The van der Waals surface area contributed by atoms with E-state index in [2.05, 4.69) is 4.98 Å². The fourth-order valence-electron chi connectivity index (χ4n) is 3.65. The molecule has 3 rings (SSSR count). The standard InChI is InChI=1S/C22H28FN3O5S/c1-15(2)20(22(27)25-28)14-32(29,30)26-11-9-19(10-12-26)31-21-8-5-17(13-24-21)16-3-6-18(23)7-4-16/h3-8,13,15,19-20,28H,9-12,14H2,1-2H3,(H,25,27)/t20-/m1/s1. The molecule has 0 aliphatic carbocycles. The first-order chi connectivity index (χ1) is 15.2. The van der Waals surface area contributed by atoms with Crippen molar-refractivity contribution in [3.8, 4) is 17.0 Å². The van der Waals surface area contributed by atoms with Crippen LogP contribution in [0.25, 0.3) is 11.1 Å². The Morgan fingerprint density at radius 1 is 1.19 bits per heavy atom. The normalized spacial score (nSPS) is 16.7. The largest absolute Gasteiger partial charge is 0.474 e. The van der Waals surface area contributed by atoms with Gasteiger partial charge < -0.3 is 4.74 Å². The van der Waals surface area contributed by atoms with Crippen LogP contribution in [0.4, 0.5) is 4.39 Å². The number of nitrogens with zero attached hydrogens (tertiary/aromatic N) is 2. The highest BCUT2D eigenvalue weighted by Crippen LogP contribution is 2.24. The van der Waals surface area contributed by atoms with Crippen LogP contribution < -0.4 is 10.2 Å². The lowest BCUT2D eigenvalue weighted by molar-refractivity contribution is -0.134. The van der Waals surface area contributed by atoms with Crippen molar-refractivity contribution in [2.24, 2.45) is 11.8 Å². The van der Waals surface area contributed by atoms with Crippen LogP contribution in [0.15, 0.2) is 42.6 Å². The number of sulfonamides is 1. The summed E-state index contributed by atoms with van der Waals surface area (Å²) in [6.45, 7) is 4.05. The zero-order chi connectivity index (χ0) is 23.3. The summed E-state index contributed by atoms with van der Waals surface area (Å²) in [4.78, 5) is 16.1. The Bertz CT molecular complexity index is 1000. The second-order valence-corrected chi connectivity index (χ2v) is 10.2. The predicted octanol–water partition coefficient (Wildman–Crippen LogP) is 2.84. The summed E-state index contributed by atoms with van der Waals surface area (Å²) < 4.78 is 45.9. The molecule has 0 spiro atoms. The molecule has 0 unspecified atom stereocenters. The molecule has 0 bridgehead atoms. The molecule has 0 saturated carbocycles. The van der Waals surface area contributed by atoms with Gasteiger partial charge in [0.2, 0.25) is 21.8 Å². The van der Waals surface area contributed by atoms with E-state index in [4.69, 9.17) is 9.94 Å². The number of aromatic nitrogens is 1. The summed E-state index contributed by atoms with van der Waals surface area (Å²) in [5.41, 5.74) is 3.24. The molecule has 1 amide bonds. The quantitative estimate of drug-likeness (QED) is 0.458.